The minimum absolute atomic E-state index is 0.0136. The Balaban J connectivity index is 1.89. The second-order valence-corrected chi connectivity index (χ2v) is 7.15. The molecule has 2 rings (SSSR count). The van der Waals surface area contributed by atoms with Crippen LogP contribution in [-0.4, -0.2) is 34.2 Å². The van der Waals surface area contributed by atoms with Gasteiger partial charge in [0.15, 0.2) is 0 Å². The summed E-state index contributed by atoms with van der Waals surface area (Å²) in [7, 11) is -3.31. The topological polar surface area (TPSA) is 67.4 Å². The van der Waals surface area contributed by atoms with Gasteiger partial charge in [0.2, 0.25) is 10.0 Å². The molecule has 6 heteroatoms. The molecule has 0 bridgehead atoms. The van der Waals surface area contributed by atoms with Gasteiger partial charge < -0.3 is 10.1 Å². The minimum atomic E-state index is -3.31. The molecule has 1 atom stereocenters. The van der Waals surface area contributed by atoms with Crippen LogP contribution < -0.4 is 10.0 Å². The van der Waals surface area contributed by atoms with Crippen molar-refractivity contribution in [3.63, 3.8) is 0 Å². The molecule has 0 aliphatic carbocycles. The fourth-order valence-electron chi connectivity index (χ4n) is 2.39. The number of hydrogen-bond donors (Lipinski definition) is 2. The molecule has 5 nitrogen and oxygen atoms in total. The Kier molecular flexibility index (Phi) is 6.17. The summed E-state index contributed by atoms with van der Waals surface area (Å²) < 4.78 is 32.3. The molecule has 1 saturated heterocycles. The fraction of sp³-hybridized carbons (Fsp3) is 0.600. The lowest BCUT2D eigenvalue weighted by molar-refractivity contribution is 0.114. The first-order valence-corrected chi connectivity index (χ1v) is 9.12. The third-order valence-corrected chi connectivity index (χ3v) is 4.80. The van der Waals surface area contributed by atoms with Crippen LogP contribution in [0.2, 0.25) is 0 Å². The summed E-state index contributed by atoms with van der Waals surface area (Å²) in [6, 6.07) is 7.69. The van der Waals surface area contributed by atoms with Crippen LogP contribution in [0.15, 0.2) is 24.3 Å². The molecule has 1 aliphatic heterocycles. The summed E-state index contributed by atoms with van der Waals surface area (Å²) in [5.41, 5.74) is 1.91. The molecule has 0 saturated carbocycles. The van der Waals surface area contributed by atoms with Crippen molar-refractivity contribution in [1.82, 2.24) is 10.0 Å². The first kappa shape index (κ1) is 16.4. The van der Waals surface area contributed by atoms with Crippen LogP contribution >= 0.6 is 0 Å². The van der Waals surface area contributed by atoms with Gasteiger partial charge in [-0.15, -0.1) is 0 Å². The number of sulfonamides is 1. The lowest BCUT2D eigenvalue weighted by atomic mass is 10.1. The SMILES string of the molecule is CCNCc1cccc(CS(=O)(=O)NCC2CCCO2)c1. The third-order valence-electron chi connectivity index (χ3n) is 3.48. The van der Waals surface area contributed by atoms with E-state index in [2.05, 4.69) is 10.0 Å². The highest BCUT2D eigenvalue weighted by atomic mass is 32.2. The van der Waals surface area contributed by atoms with Gasteiger partial charge in [-0.25, -0.2) is 13.1 Å². The zero-order chi connectivity index (χ0) is 15.1. The summed E-state index contributed by atoms with van der Waals surface area (Å²) in [6.07, 6.45) is 1.97. The molecular weight excluding hydrogens is 288 g/mol. The van der Waals surface area contributed by atoms with Crippen molar-refractivity contribution in [1.29, 1.82) is 0 Å². The summed E-state index contributed by atoms with van der Waals surface area (Å²) in [4.78, 5) is 0. The number of benzene rings is 1. The van der Waals surface area contributed by atoms with E-state index in [0.717, 1.165) is 43.7 Å². The number of nitrogens with one attached hydrogen (secondary N) is 2. The zero-order valence-electron chi connectivity index (χ0n) is 12.5. The highest BCUT2D eigenvalue weighted by Gasteiger charge is 2.19. The van der Waals surface area contributed by atoms with Crippen molar-refractivity contribution < 1.29 is 13.2 Å². The molecule has 0 aromatic heterocycles. The van der Waals surface area contributed by atoms with Crippen molar-refractivity contribution in [3.05, 3.63) is 35.4 Å². The van der Waals surface area contributed by atoms with Crippen LogP contribution in [0.3, 0.4) is 0 Å². The molecule has 1 heterocycles. The van der Waals surface area contributed by atoms with Gasteiger partial charge in [0, 0.05) is 19.7 Å². The smallest absolute Gasteiger partial charge is 0.215 e. The summed E-state index contributed by atoms with van der Waals surface area (Å²) in [5.74, 6) is 0.0136. The average Bonchev–Trinajstić information content (AvgIpc) is 2.96. The summed E-state index contributed by atoms with van der Waals surface area (Å²) in [6.45, 7) is 4.81. The fourth-order valence-corrected chi connectivity index (χ4v) is 3.55. The Morgan fingerprint density at radius 1 is 1.33 bits per heavy atom. The third kappa shape index (κ3) is 5.74. The molecule has 1 unspecified atom stereocenters. The van der Waals surface area contributed by atoms with Crippen LogP contribution in [0.4, 0.5) is 0 Å². The molecule has 1 aliphatic rings. The van der Waals surface area contributed by atoms with E-state index < -0.39 is 10.0 Å². The van der Waals surface area contributed by atoms with Crippen molar-refractivity contribution in [3.8, 4) is 0 Å². The van der Waals surface area contributed by atoms with Gasteiger partial charge >= 0.3 is 0 Å². The van der Waals surface area contributed by atoms with Gasteiger partial charge in [-0.2, -0.15) is 0 Å². The Hall–Kier alpha value is -0.950. The van der Waals surface area contributed by atoms with Crippen molar-refractivity contribution in [2.75, 3.05) is 19.7 Å². The van der Waals surface area contributed by atoms with E-state index in [9.17, 15) is 8.42 Å². The van der Waals surface area contributed by atoms with Gasteiger partial charge in [0.05, 0.1) is 11.9 Å². The lowest BCUT2D eigenvalue weighted by Crippen LogP contribution is -2.32. The predicted octanol–water partition coefficient (Wildman–Crippen LogP) is 1.39. The highest BCUT2D eigenvalue weighted by molar-refractivity contribution is 7.88. The van der Waals surface area contributed by atoms with Gasteiger partial charge in [0.25, 0.3) is 0 Å². The summed E-state index contributed by atoms with van der Waals surface area (Å²) >= 11 is 0. The number of ether oxygens (including phenoxy) is 1. The average molecular weight is 312 g/mol. The Morgan fingerprint density at radius 3 is 2.86 bits per heavy atom. The van der Waals surface area contributed by atoms with Crippen LogP contribution in [0.25, 0.3) is 0 Å². The van der Waals surface area contributed by atoms with Gasteiger partial charge in [-0.1, -0.05) is 31.2 Å². The highest BCUT2D eigenvalue weighted by Crippen LogP contribution is 2.12. The van der Waals surface area contributed by atoms with E-state index in [1.165, 1.54) is 0 Å². The van der Waals surface area contributed by atoms with Gasteiger partial charge in [-0.3, -0.25) is 0 Å². The van der Waals surface area contributed by atoms with Crippen molar-refractivity contribution in [2.24, 2.45) is 0 Å². The van der Waals surface area contributed by atoms with Gasteiger partial charge in [-0.05, 0) is 30.5 Å². The normalized spacial score (nSPS) is 19.0. The van der Waals surface area contributed by atoms with Crippen LogP contribution in [0.1, 0.15) is 30.9 Å². The molecule has 1 aromatic carbocycles. The first-order valence-electron chi connectivity index (χ1n) is 7.46. The molecule has 0 radical (unpaired) electrons. The van der Waals surface area contributed by atoms with E-state index in [1.54, 1.807) is 0 Å². The maximum atomic E-state index is 12.1. The minimum Gasteiger partial charge on any atom is -0.377 e. The lowest BCUT2D eigenvalue weighted by Gasteiger charge is -2.12. The van der Waals surface area contributed by atoms with E-state index >= 15 is 0 Å². The molecule has 0 amide bonds. The quantitative estimate of drug-likeness (QED) is 0.761. The standard InChI is InChI=1S/C15H24N2O3S/c1-2-16-10-13-5-3-6-14(9-13)12-21(18,19)17-11-15-7-4-8-20-15/h3,5-6,9,15-17H,2,4,7-8,10-12H2,1H3. The van der Waals surface area contributed by atoms with E-state index in [0.29, 0.717) is 6.54 Å². The molecule has 1 fully saturated rings. The molecule has 1 aromatic rings. The molecule has 118 valence electrons. The molecular formula is C15H24N2O3S. The Morgan fingerprint density at radius 2 is 2.14 bits per heavy atom. The van der Waals surface area contributed by atoms with Crippen molar-refractivity contribution in [2.45, 2.75) is 38.2 Å². The Labute approximate surface area is 127 Å². The maximum Gasteiger partial charge on any atom is 0.215 e. The van der Waals surface area contributed by atoms with Crippen LogP contribution in [0, 0.1) is 0 Å². The van der Waals surface area contributed by atoms with Crippen molar-refractivity contribution >= 4 is 10.0 Å². The molecule has 21 heavy (non-hydrogen) atoms. The van der Waals surface area contributed by atoms with E-state index in [-0.39, 0.29) is 11.9 Å². The molecule has 2 N–H and O–H groups in total. The predicted molar refractivity (Wildman–Crippen MR) is 83.4 cm³/mol. The second-order valence-electron chi connectivity index (χ2n) is 5.34. The zero-order valence-corrected chi connectivity index (χ0v) is 13.3. The second kappa shape index (κ2) is 7.89. The van der Waals surface area contributed by atoms with Crippen LogP contribution in [-0.2, 0) is 27.1 Å². The Bertz CT molecular complexity index is 540. The number of hydrogen-bond acceptors (Lipinski definition) is 4. The largest absolute Gasteiger partial charge is 0.377 e. The van der Waals surface area contributed by atoms with E-state index in [1.807, 2.05) is 31.2 Å². The number of rotatable bonds is 8. The molecule has 0 spiro atoms. The maximum absolute atomic E-state index is 12.1. The first-order chi connectivity index (χ1) is 10.1. The van der Waals surface area contributed by atoms with Crippen LogP contribution in [0.5, 0.6) is 0 Å². The summed E-state index contributed by atoms with van der Waals surface area (Å²) in [5, 5.41) is 3.24. The monoisotopic (exact) mass is 312 g/mol. The van der Waals surface area contributed by atoms with E-state index in [4.69, 9.17) is 4.74 Å². The van der Waals surface area contributed by atoms with Gasteiger partial charge in [0.1, 0.15) is 0 Å².